The van der Waals surface area contributed by atoms with Crippen LogP contribution in [-0.4, -0.2) is 55.1 Å². The maximum absolute atomic E-state index is 11.8. The average molecular weight is 389 g/mol. The largest absolute Gasteiger partial charge is 0.355 e. The lowest BCUT2D eigenvalue weighted by Gasteiger charge is -2.22. The molecule has 1 aromatic carbocycles. The molecule has 2 aromatic heterocycles. The van der Waals surface area contributed by atoms with Crippen LogP contribution >= 0.6 is 11.3 Å². The molecule has 0 aliphatic carbocycles. The molecular weight excluding hydrogens is 368 g/mol. The van der Waals surface area contributed by atoms with Gasteiger partial charge in [0, 0.05) is 31.1 Å². The van der Waals surface area contributed by atoms with E-state index in [1.807, 2.05) is 18.2 Å². The Morgan fingerprint density at radius 2 is 1.85 bits per heavy atom. The zero-order valence-electron chi connectivity index (χ0n) is 14.5. The summed E-state index contributed by atoms with van der Waals surface area (Å²) in [4.78, 5) is 13.3. The molecule has 26 heavy (non-hydrogen) atoms. The van der Waals surface area contributed by atoms with Crippen molar-refractivity contribution in [1.29, 1.82) is 0 Å². The molecule has 3 heterocycles. The zero-order valence-corrected chi connectivity index (χ0v) is 16.1. The van der Waals surface area contributed by atoms with Crippen LogP contribution in [0, 0.1) is 0 Å². The van der Waals surface area contributed by atoms with Gasteiger partial charge in [0.25, 0.3) is 0 Å². The van der Waals surface area contributed by atoms with E-state index < -0.39 is 10.0 Å². The van der Waals surface area contributed by atoms with Gasteiger partial charge in [0.2, 0.25) is 10.0 Å². The van der Waals surface area contributed by atoms with Gasteiger partial charge in [-0.05, 0) is 18.1 Å². The minimum Gasteiger partial charge on any atom is -0.355 e. The van der Waals surface area contributed by atoms with E-state index in [9.17, 15) is 8.42 Å². The summed E-state index contributed by atoms with van der Waals surface area (Å²) in [6.45, 7) is 2.47. The van der Waals surface area contributed by atoms with Crippen molar-refractivity contribution in [3.05, 3.63) is 42.7 Å². The number of nitrogens with zero attached hydrogens (tertiary/aromatic N) is 4. The fourth-order valence-corrected chi connectivity index (χ4v) is 5.15. The molecule has 1 saturated heterocycles. The van der Waals surface area contributed by atoms with Crippen LogP contribution in [0.3, 0.4) is 0 Å². The van der Waals surface area contributed by atoms with E-state index in [-0.39, 0.29) is 0 Å². The van der Waals surface area contributed by atoms with E-state index in [0.717, 1.165) is 33.9 Å². The van der Waals surface area contributed by atoms with Crippen molar-refractivity contribution >= 4 is 37.4 Å². The zero-order chi connectivity index (χ0) is 18.1. The average Bonchev–Trinajstić information content (AvgIpc) is 2.91. The monoisotopic (exact) mass is 388 g/mol. The van der Waals surface area contributed by atoms with Gasteiger partial charge in [0.15, 0.2) is 0 Å². The Balaban J connectivity index is 1.67. The number of sulfonamides is 1. The van der Waals surface area contributed by atoms with Gasteiger partial charge >= 0.3 is 0 Å². The fraction of sp³-hybridized carbons (Fsp3) is 0.333. The molecule has 136 valence electrons. The Morgan fingerprint density at radius 1 is 1.04 bits per heavy atom. The van der Waals surface area contributed by atoms with Crippen LogP contribution in [0.25, 0.3) is 20.7 Å². The molecule has 0 saturated carbocycles. The topological polar surface area (TPSA) is 66.4 Å². The standard InChI is InChI=1S/C18H20N4O2S2/c1-26(23,24)22-9-5-8-21(10-11-22)17-15-12-16(14-6-3-2-4-7-14)25-18(15)20-13-19-17/h2-4,6-7,12-13H,5,8-11H2,1H3. The maximum Gasteiger partial charge on any atom is 0.211 e. The van der Waals surface area contributed by atoms with Crippen molar-refractivity contribution in [2.75, 3.05) is 37.3 Å². The van der Waals surface area contributed by atoms with E-state index in [2.05, 4.69) is 33.1 Å². The Bertz CT molecular complexity index is 1020. The van der Waals surface area contributed by atoms with E-state index in [1.54, 1.807) is 22.0 Å². The molecule has 0 atom stereocenters. The Hall–Kier alpha value is -2.03. The molecule has 0 bridgehead atoms. The normalized spacial score (nSPS) is 16.7. The van der Waals surface area contributed by atoms with Gasteiger partial charge in [0.1, 0.15) is 17.0 Å². The second-order valence-electron chi connectivity index (χ2n) is 6.40. The van der Waals surface area contributed by atoms with Gasteiger partial charge in [0.05, 0.1) is 11.6 Å². The van der Waals surface area contributed by atoms with Crippen LogP contribution in [0.1, 0.15) is 6.42 Å². The highest BCUT2D eigenvalue weighted by atomic mass is 32.2. The smallest absolute Gasteiger partial charge is 0.211 e. The van der Waals surface area contributed by atoms with Gasteiger partial charge in [-0.3, -0.25) is 0 Å². The molecule has 0 amide bonds. The first kappa shape index (κ1) is 17.4. The maximum atomic E-state index is 11.8. The first-order valence-corrected chi connectivity index (χ1v) is 11.2. The predicted molar refractivity (Wildman–Crippen MR) is 106 cm³/mol. The van der Waals surface area contributed by atoms with Gasteiger partial charge < -0.3 is 4.90 Å². The Kier molecular flexibility index (Phi) is 4.64. The van der Waals surface area contributed by atoms with E-state index in [0.29, 0.717) is 19.6 Å². The second kappa shape index (κ2) is 6.94. The highest BCUT2D eigenvalue weighted by molar-refractivity contribution is 7.88. The summed E-state index contributed by atoms with van der Waals surface area (Å²) in [6.07, 6.45) is 3.66. The minimum absolute atomic E-state index is 0.486. The molecule has 6 nitrogen and oxygen atoms in total. The number of anilines is 1. The first-order chi connectivity index (χ1) is 12.5. The Labute approximate surface area is 157 Å². The lowest BCUT2D eigenvalue weighted by atomic mass is 10.2. The van der Waals surface area contributed by atoms with Crippen molar-refractivity contribution in [3.8, 4) is 10.4 Å². The molecular formula is C18H20N4O2S2. The van der Waals surface area contributed by atoms with Crippen molar-refractivity contribution in [1.82, 2.24) is 14.3 Å². The molecule has 0 radical (unpaired) electrons. The summed E-state index contributed by atoms with van der Waals surface area (Å²) in [7, 11) is -3.15. The van der Waals surface area contributed by atoms with Gasteiger partial charge in [-0.25, -0.2) is 22.7 Å². The van der Waals surface area contributed by atoms with Crippen molar-refractivity contribution in [3.63, 3.8) is 0 Å². The number of hydrogen-bond acceptors (Lipinski definition) is 6. The van der Waals surface area contributed by atoms with E-state index in [1.165, 1.54) is 11.8 Å². The highest BCUT2D eigenvalue weighted by Crippen LogP contribution is 2.36. The number of hydrogen-bond donors (Lipinski definition) is 0. The van der Waals surface area contributed by atoms with Crippen LogP contribution in [0.2, 0.25) is 0 Å². The van der Waals surface area contributed by atoms with Gasteiger partial charge in [-0.15, -0.1) is 11.3 Å². The molecule has 8 heteroatoms. The summed E-state index contributed by atoms with van der Waals surface area (Å²) < 4.78 is 25.2. The van der Waals surface area contributed by atoms with Crippen molar-refractivity contribution < 1.29 is 8.42 Å². The number of fused-ring (bicyclic) bond motifs is 1. The fourth-order valence-electron chi connectivity index (χ4n) is 3.28. The Morgan fingerprint density at radius 3 is 2.62 bits per heavy atom. The third-order valence-electron chi connectivity index (χ3n) is 4.59. The van der Waals surface area contributed by atoms with Crippen molar-refractivity contribution in [2.24, 2.45) is 0 Å². The molecule has 0 unspecified atom stereocenters. The lowest BCUT2D eigenvalue weighted by molar-refractivity contribution is 0.437. The summed E-state index contributed by atoms with van der Waals surface area (Å²) in [5.41, 5.74) is 1.17. The molecule has 1 fully saturated rings. The molecule has 0 spiro atoms. The highest BCUT2D eigenvalue weighted by Gasteiger charge is 2.23. The summed E-state index contributed by atoms with van der Waals surface area (Å²) in [6, 6.07) is 12.4. The molecule has 1 aliphatic heterocycles. The predicted octanol–water partition coefficient (Wildman–Crippen LogP) is 2.83. The number of thiophene rings is 1. The molecule has 4 rings (SSSR count). The number of rotatable bonds is 3. The number of benzene rings is 1. The second-order valence-corrected chi connectivity index (χ2v) is 9.41. The van der Waals surface area contributed by atoms with Crippen molar-refractivity contribution in [2.45, 2.75) is 6.42 Å². The summed E-state index contributed by atoms with van der Waals surface area (Å²) >= 11 is 1.65. The van der Waals surface area contributed by atoms with E-state index in [4.69, 9.17) is 0 Å². The summed E-state index contributed by atoms with van der Waals surface area (Å²) in [5, 5.41) is 1.03. The lowest BCUT2D eigenvalue weighted by Crippen LogP contribution is -2.34. The first-order valence-electron chi connectivity index (χ1n) is 8.52. The molecule has 1 aliphatic rings. The van der Waals surface area contributed by atoms with E-state index >= 15 is 0 Å². The number of aromatic nitrogens is 2. The summed E-state index contributed by atoms with van der Waals surface area (Å²) in [5.74, 6) is 0.892. The van der Waals surface area contributed by atoms with Crippen LogP contribution in [-0.2, 0) is 10.0 Å². The van der Waals surface area contributed by atoms with Crippen LogP contribution in [0.4, 0.5) is 5.82 Å². The van der Waals surface area contributed by atoms with Gasteiger partial charge in [-0.1, -0.05) is 30.3 Å². The minimum atomic E-state index is -3.15. The molecule has 0 N–H and O–H groups in total. The quantitative estimate of drug-likeness (QED) is 0.690. The third-order valence-corrected chi connectivity index (χ3v) is 6.99. The van der Waals surface area contributed by atoms with Gasteiger partial charge in [-0.2, -0.15) is 0 Å². The van der Waals surface area contributed by atoms with Crippen LogP contribution in [0.15, 0.2) is 42.7 Å². The van der Waals surface area contributed by atoms with Crippen LogP contribution < -0.4 is 4.90 Å². The SMILES string of the molecule is CS(=O)(=O)N1CCCN(c2ncnc3sc(-c4ccccc4)cc23)CC1. The molecule has 3 aromatic rings. The van der Waals surface area contributed by atoms with Crippen LogP contribution in [0.5, 0.6) is 0 Å². The third kappa shape index (κ3) is 3.44.